The quantitative estimate of drug-likeness (QED) is 0.372. The van der Waals surface area contributed by atoms with Crippen LogP contribution in [0.5, 0.6) is 0 Å². The average Bonchev–Trinajstić information content (AvgIpc) is 3.39. The lowest BCUT2D eigenvalue weighted by Crippen LogP contribution is -2.32. The summed E-state index contributed by atoms with van der Waals surface area (Å²) in [6.07, 6.45) is 1.01. The smallest absolute Gasteiger partial charge is 0.337 e. The molecule has 10 heteroatoms. The topological polar surface area (TPSA) is 51.0 Å². The molecule has 0 radical (unpaired) electrons. The minimum atomic E-state index is -4.56. The molecule has 0 spiro atoms. The van der Waals surface area contributed by atoms with Crippen LogP contribution >= 0.6 is 11.3 Å². The highest BCUT2D eigenvalue weighted by Crippen LogP contribution is 2.32. The summed E-state index contributed by atoms with van der Waals surface area (Å²) in [5, 5.41) is 0.300. The Morgan fingerprint density at radius 1 is 1.16 bits per heavy atom. The van der Waals surface area contributed by atoms with E-state index in [2.05, 4.69) is 9.97 Å². The van der Waals surface area contributed by atoms with Gasteiger partial charge in [0.2, 0.25) is 0 Å². The van der Waals surface area contributed by atoms with Crippen molar-refractivity contribution >= 4 is 32.6 Å². The third-order valence-corrected chi connectivity index (χ3v) is 5.65. The largest absolute Gasteiger partial charge is 0.416 e. The normalized spacial score (nSPS) is 11.7. The Morgan fingerprint density at radius 3 is 2.74 bits per heavy atom. The fraction of sp³-hybridized carbons (Fsp3) is 0.190. The van der Waals surface area contributed by atoms with Gasteiger partial charge >= 0.3 is 6.18 Å². The maximum absolute atomic E-state index is 13.6. The van der Waals surface area contributed by atoms with Crippen molar-refractivity contribution in [1.82, 2.24) is 14.5 Å². The number of rotatable bonds is 6. The molecule has 0 fully saturated rings. The number of benzene rings is 2. The van der Waals surface area contributed by atoms with Crippen molar-refractivity contribution in [2.45, 2.75) is 19.1 Å². The molecule has 0 saturated heterocycles. The lowest BCUT2D eigenvalue weighted by molar-refractivity contribution is -0.137. The zero-order valence-electron chi connectivity index (χ0n) is 16.0. The average molecular weight is 448 g/mol. The number of aromatic nitrogens is 3. The van der Waals surface area contributed by atoms with Crippen LogP contribution in [0.15, 0.2) is 61.2 Å². The van der Waals surface area contributed by atoms with Crippen LogP contribution in [0.1, 0.15) is 22.3 Å². The fourth-order valence-electron chi connectivity index (χ4n) is 3.10. The van der Waals surface area contributed by atoms with Crippen molar-refractivity contribution in [2.24, 2.45) is 0 Å². The number of aryl methyl sites for hydroxylation is 1. The molecule has 2 heterocycles. The van der Waals surface area contributed by atoms with E-state index in [9.17, 15) is 22.4 Å². The monoisotopic (exact) mass is 448 g/mol. The molecule has 0 aliphatic heterocycles. The van der Waals surface area contributed by atoms with Gasteiger partial charge in [0, 0.05) is 31.0 Å². The Balaban J connectivity index is 1.66. The number of hydrogen-bond donors (Lipinski definition) is 0. The molecule has 160 valence electrons. The molecule has 0 unspecified atom stereocenters. The SMILES string of the molecule is O=C(c1cccc(C(F)(F)F)c1)N(CCCn1ccnc1)c1nc2ccc(F)cc2s1. The van der Waals surface area contributed by atoms with Crippen molar-refractivity contribution < 1.29 is 22.4 Å². The number of anilines is 1. The number of amides is 1. The van der Waals surface area contributed by atoms with E-state index >= 15 is 0 Å². The molecule has 0 aliphatic rings. The first-order valence-electron chi connectivity index (χ1n) is 9.32. The Morgan fingerprint density at radius 2 is 2.00 bits per heavy atom. The lowest BCUT2D eigenvalue weighted by atomic mass is 10.1. The Kier molecular flexibility index (Phi) is 5.73. The molecule has 31 heavy (non-hydrogen) atoms. The third kappa shape index (κ3) is 4.74. The number of thiazole rings is 1. The van der Waals surface area contributed by atoms with Crippen LogP contribution < -0.4 is 4.90 Å². The molecule has 0 N–H and O–H groups in total. The van der Waals surface area contributed by atoms with Crippen molar-refractivity contribution in [1.29, 1.82) is 0 Å². The van der Waals surface area contributed by atoms with Crippen molar-refractivity contribution in [2.75, 3.05) is 11.4 Å². The third-order valence-electron chi connectivity index (χ3n) is 4.61. The molecule has 2 aromatic carbocycles. The second-order valence-electron chi connectivity index (χ2n) is 6.80. The minimum absolute atomic E-state index is 0.0945. The van der Waals surface area contributed by atoms with Gasteiger partial charge in [-0.2, -0.15) is 13.2 Å². The summed E-state index contributed by atoms with van der Waals surface area (Å²) in [4.78, 5) is 22.9. The highest BCUT2D eigenvalue weighted by molar-refractivity contribution is 7.22. The molecular formula is C21H16F4N4OS. The van der Waals surface area contributed by atoms with Crippen molar-refractivity contribution in [3.8, 4) is 0 Å². The molecule has 4 aromatic rings. The molecule has 0 saturated carbocycles. The summed E-state index contributed by atoms with van der Waals surface area (Å²) < 4.78 is 55.3. The number of hydrogen-bond acceptors (Lipinski definition) is 4. The van der Waals surface area contributed by atoms with Crippen molar-refractivity contribution in [3.63, 3.8) is 0 Å². The van der Waals surface area contributed by atoms with Gasteiger partial charge in [-0.1, -0.05) is 17.4 Å². The van der Waals surface area contributed by atoms with Gasteiger partial charge < -0.3 is 4.57 Å². The summed E-state index contributed by atoms with van der Waals surface area (Å²) in [5.41, 5.74) is -0.483. The maximum atomic E-state index is 13.6. The van der Waals surface area contributed by atoms with E-state index in [0.29, 0.717) is 28.3 Å². The highest BCUT2D eigenvalue weighted by Gasteiger charge is 2.31. The zero-order valence-corrected chi connectivity index (χ0v) is 16.8. The van der Waals surface area contributed by atoms with Crippen LogP contribution in [-0.4, -0.2) is 27.0 Å². The summed E-state index contributed by atoms with van der Waals surface area (Å²) in [6, 6.07) is 8.38. The van der Waals surface area contributed by atoms with Gasteiger partial charge in [0.25, 0.3) is 5.91 Å². The molecule has 2 aromatic heterocycles. The van der Waals surface area contributed by atoms with Gasteiger partial charge in [0.05, 0.1) is 22.1 Å². The number of imidazole rings is 1. The molecule has 0 atom stereocenters. The van der Waals surface area contributed by atoms with E-state index in [0.717, 1.165) is 23.5 Å². The Hall–Kier alpha value is -3.27. The molecule has 1 amide bonds. The first kappa shape index (κ1) is 21.0. The Bertz CT molecular complexity index is 1200. The van der Waals surface area contributed by atoms with Gasteiger partial charge in [-0.3, -0.25) is 9.69 Å². The van der Waals surface area contributed by atoms with Crippen LogP contribution in [0.25, 0.3) is 10.2 Å². The predicted octanol–water partition coefficient (Wildman–Crippen LogP) is 5.39. The van der Waals surface area contributed by atoms with Gasteiger partial charge in [-0.05, 0) is 42.8 Å². The lowest BCUT2D eigenvalue weighted by Gasteiger charge is -2.20. The molecular weight excluding hydrogens is 432 g/mol. The van der Waals surface area contributed by atoms with Crippen LogP contribution in [0.3, 0.4) is 0 Å². The number of carbonyl (C=O) groups is 1. The van der Waals surface area contributed by atoms with Crippen LogP contribution in [0, 0.1) is 5.82 Å². The van der Waals surface area contributed by atoms with Gasteiger partial charge in [0.1, 0.15) is 5.82 Å². The second kappa shape index (κ2) is 8.46. The van der Waals surface area contributed by atoms with E-state index in [4.69, 9.17) is 0 Å². The zero-order chi connectivity index (χ0) is 22.0. The van der Waals surface area contributed by atoms with E-state index in [1.807, 2.05) is 4.57 Å². The van der Waals surface area contributed by atoms with E-state index in [-0.39, 0.29) is 12.1 Å². The highest BCUT2D eigenvalue weighted by atomic mass is 32.1. The predicted molar refractivity (Wildman–Crippen MR) is 110 cm³/mol. The second-order valence-corrected chi connectivity index (χ2v) is 7.81. The Labute approximate surface area is 178 Å². The molecule has 0 bridgehead atoms. The fourth-order valence-corrected chi connectivity index (χ4v) is 4.12. The van der Waals surface area contributed by atoms with Gasteiger partial charge in [-0.25, -0.2) is 14.4 Å². The van der Waals surface area contributed by atoms with E-state index in [1.54, 1.807) is 18.7 Å². The van der Waals surface area contributed by atoms with Crippen LogP contribution in [0.2, 0.25) is 0 Å². The number of halogens is 4. The number of nitrogens with zero attached hydrogens (tertiary/aromatic N) is 4. The number of fused-ring (bicyclic) bond motifs is 1. The first-order valence-corrected chi connectivity index (χ1v) is 10.1. The summed E-state index contributed by atoms with van der Waals surface area (Å²) in [7, 11) is 0. The number of alkyl halides is 3. The maximum Gasteiger partial charge on any atom is 0.416 e. The van der Waals surface area contributed by atoms with Crippen LogP contribution in [0.4, 0.5) is 22.7 Å². The molecule has 5 nitrogen and oxygen atoms in total. The molecule has 0 aliphatic carbocycles. The van der Waals surface area contributed by atoms with E-state index in [1.165, 1.54) is 35.2 Å². The van der Waals surface area contributed by atoms with Gasteiger partial charge in [0.15, 0.2) is 5.13 Å². The first-order chi connectivity index (χ1) is 14.8. The number of carbonyl (C=O) groups excluding carboxylic acids is 1. The summed E-state index contributed by atoms with van der Waals surface area (Å²) >= 11 is 1.11. The summed E-state index contributed by atoms with van der Waals surface area (Å²) in [5.74, 6) is -1.03. The summed E-state index contributed by atoms with van der Waals surface area (Å²) in [6.45, 7) is 0.779. The van der Waals surface area contributed by atoms with E-state index < -0.39 is 23.5 Å². The molecule has 4 rings (SSSR count). The van der Waals surface area contributed by atoms with Gasteiger partial charge in [-0.15, -0.1) is 0 Å². The van der Waals surface area contributed by atoms with Crippen molar-refractivity contribution in [3.05, 3.63) is 78.1 Å². The standard InChI is InChI=1S/C21H16F4N4OS/c22-16-5-6-17-18(12-16)31-20(27-17)29(9-2-8-28-10-7-26-13-28)19(30)14-3-1-4-15(11-14)21(23,24)25/h1,3-7,10-13H,2,8-9H2. The minimum Gasteiger partial charge on any atom is -0.337 e. The van der Waals surface area contributed by atoms with Crippen LogP contribution in [-0.2, 0) is 12.7 Å².